The van der Waals surface area contributed by atoms with Crippen LogP contribution in [-0.4, -0.2) is 16.3 Å². The second kappa shape index (κ2) is 2.48. The highest BCUT2D eigenvalue weighted by Crippen LogP contribution is 2.27. The summed E-state index contributed by atoms with van der Waals surface area (Å²) in [5.41, 5.74) is 7.66. The molecule has 0 radical (unpaired) electrons. The van der Waals surface area contributed by atoms with E-state index in [1.807, 2.05) is 0 Å². The van der Waals surface area contributed by atoms with Gasteiger partial charge >= 0.3 is 0 Å². The van der Waals surface area contributed by atoms with E-state index in [2.05, 4.69) is 5.10 Å². The van der Waals surface area contributed by atoms with Crippen molar-refractivity contribution in [1.82, 2.24) is 9.78 Å². The van der Waals surface area contributed by atoms with Gasteiger partial charge < -0.3 is 5.73 Å². The van der Waals surface area contributed by atoms with E-state index < -0.39 is 0 Å². The fraction of sp³-hybridized carbons (Fsp3) is 0.625. The molecule has 4 nitrogen and oxygen atoms in total. The van der Waals surface area contributed by atoms with E-state index in [1.54, 1.807) is 7.05 Å². The zero-order chi connectivity index (χ0) is 8.72. The van der Waals surface area contributed by atoms with Crippen LogP contribution in [0.3, 0.4) is 0 Å². The minimum absolute atomic E-state index is 0.0953. The van der Waals surface area contributed by atoms with Crippen LogP contribution in [0.25, 0.3) is 0 Å². The first-order valence-electron chi connectivity index (χ1n) is 4.22. The largest absolute Gasteiger partial charge is 0.330 e. The van der Waals surface area contributed by atoms with E-state index >= 15 is 0 Å². The quantitative estimate of drug-likeness (QED) is 0.603. The minimum atomic E-state index is 0.0953. The van der Waals surface area contributed by atoms with Gasteiger partial charge in [-0.2, -0.15) is 0 Å². The van der Waals surface area contributed by atoms with Gasteiger partial charge in [-0.05, 0) is 19.4 Å². The second-order valence-corrected chi connectivity index (χ2v) is 3.34. The first-order valence-corrected chi connectivity index (χ1v) is 4.22. The highest BCUT2D eigenvalue weighted by atomic mass is 16.1. The number of nitrogens with one attached hydrogen (secondary N) is 1. The number of aromatic nitrogens is 2. The minimum Gasteiger partial charge on any atom is -0.330 e. The Hall–Kier alpha value is -1.03. The Kier molecular flexibility index (Phi) is 1.58. The highest BCUT2D eigenvalue weighted by molar-refractivity contribution is 5.27. The molecule has 1 aliphatic rings. The molecule has 0 fully saturated rings. The number of rotatable bonds is 1. The lowest BCUT2D eigenvalue weighted by Crippen LogP contribution is -2.20. The molecule has 66 valence electrons. The van der Waals surface area contributed by atoms with Crippen molar-refractivity contribution in [2.24, 2.45) is 12.8 Å². The summed E-state index contributed by atoms with van der Waals surface area (Å²) in [7, 11) is 1.74. The number of nitrogens with zero attached hydrogens (tertiary/aromatic N) is 1. The molecule has 1 aromatic heterocycles. The summed E-state index contributed by atoms with van der Waals surface area (Å²) >= 11 is 0. The zero-order valence-electron chi connectivity index (χ0n) is 7.13. The van der Waals surface area contributed by atoms with Gasteiger partial charge in [-0.25, -0.2) is 0 Å². The molecule has 1 unspecified atom stereocenters. The molecular weight excluding hydrogens is 154 g/mol. The van der Waals surface area contributed by atoms with E-state index in [9.17, 15) is 4.79 Å². The van der Waals surface area contributed by atoms with E-state index in [-0.39, 0.29) is 11.5 Å². The maximum Gasteiger partial charge on any atom is 0.269 e. The molecule has 0 saturated heterocycles. The molecule has 12 heavy (non-hydrogen) atoms. The smallest absolute Gasteiger partial charge is 0.269 e. The summed E-state index contributed by atoms with van der Waals surface area (Å²) in [5.74, 6) is 0.282. The number of fused-ring (bicyclic) bond motifs is 1. The average molecular weight is 167 g/mol. The molecule has 1 heterocycles. The molecule has 1 aliphatic carbocycles. The van der Waals surface area contributed by atoms with Crippen LogP contribution in [-0.2, 0) is 13.5 Å². The molecule has 3 N–H and O–H groups in total. The van der Waals surface area contributed by atoms with E-state index in [1.165, 1.54) is 4.68 Å². The van der Waals surface area contributed by atoms with E-state index in [0.29, 0.717) is 6.54 Å². The lowest BCUT2D eigenvalue weighted by molar-refractivity contribution is 0.645. The fourth-order valence-electron chi connectivity index (χ4n) is 1.93. The van der Waals surface area contributed by atoms with Crippen molar-refractivity contribution in [3.8, 4) is 0 Å². The van der Waals surface area contributed by atoms with Gasteiger partial charge in [-0.3, -0.25) is 14.6 Å². The highest BCUT2D eigenvalue weighted by Gasteiger charge is 2.26. The van der Waals surface area contributed by atoms with Crippen LogP contribution in [0.2, 0.25) is 0 Å². The first-order chi connectivity index (χ1) is 5.74. The van der Waals surface area contributed by atoms with E-state index in [0.717, 1.165) is 24.1 Å². The maximum absolute atomic E-state index is 11.5. The number of hydrogen-bond acceptors (Lipinski definition) is 2. The van der Waals surface area contributed by atoms with Gasteiger partial charge in [0.15, 0.2) is 0 Å². The van der Waals surface area contributed by atoms with Gasteiger partial charge in [0.05, 0.1) is 0 Å². The summed E-state index contributed by atoms with van der Waals surface area (Å²) < 4.78 is 1.53. The molecule has 4 heteroatoms. The number of H-pyrrole nitrogens is 1. The summed E-state index contributed by atoms with van der Waals surface area (Å²) in [5, 5.41) is 3.04. The molecule has 1 atom stereocenters. The molecule has 0 saturated carbocycles. The lowest BCUT2D eigenvalue weighted by Gasteiger charge is -2.02. The van der Waals surface area contributed by atoms with Crippen molar-refractivity contribution in [3.05, 3.63) is 21.6 Å². The Morgan fingerprint density at radius 2 is 2.50 bits per heavy atom. The van der Waals surface area contributed by atoms with Gasteiger partial charge in [0.2, 0.25) is 0 Å². The Morgan fingerprint density at radius 1 is 1.75 bits per heavy atom. The van der Waals surface area contributed by atoms with Crippen LogP contribution in [0.15, 0.2) is 4.79 Å². The summed E-state index contributed by atoms with van der Waals surface area (Å²) in [6.07, 6.45) is 1.99. The van der Waals surface area contributed by atoms with Gasteiger partial charge in [-0.15, -0.1) is 0 Å². The van der Waals surface area contributed by atoms with Gasteiger partial charge in [0, 0.05) is 24.2 Å². The van der Waals surface area contributed by atoms with Crippen molar-refractivity contribution in [2.75, 3.05) is 6.54 Å². The zero-order valence-corrected chi connectivity index (χ0v) is 7.13. The van der Waals surface area contributed by atoms with Crippen molar-refractivity contribution >= 4 is 0 Å². The predicted octanol–water partition coefficient (Wildman–Crippen LogP) is -0.298. The van der Waals surface area contributed by atoms with Crippen LogP contribution >= 0.6 is 0 Å². The number of hydrogen-bond donors (Lipinski definition) is 2. The number of aryl methyl sites for hydroxylation is 2. The molecule has 0 spiro atoms. The first kappa shape index (κ1) is 7.61. The normalized spacial score (nSPS) is 21.3. The lowest BCUT2D eigenvalue weighted by atomic mass is 10.1. The van der Waals surface area contributed by atoms with Gasteiger partial charge in [-0.1, -0.05) is 0 Å². The topological polar surface area (TPSA) is 63.8 Å². The molecule has 2 rings (SSSR count). The summed E-state index contributed by atoms with van der Waals surface area (Å²) in [6, 6.07) is 0. The third-order valence-electron chi connectivity index (χ3n) is 2.60. The Morgan fingerprint density at radius 3 is 3.17 bits per heavy atom. The predicted molar refractivity (Wildman–Crippen MR) is 46.2 cm³/mol. The summed E-state index contributed by atoms with van der Waals surface area (Å²) in [4.78, 5) is 11.5. The standard InChI is InChI=1S/C8H13N3O/c1-11-8(12)7-5(4-9)2-3-6(7)10-11/h5,10H,2-4,9H2,1H3. The molecule has 0 aromatic carbocycles. The summed E-state index contributed by atoms with van der Waals surface area (Å²) in [6.45, 7) is 0.583. The maximum atomic E-state index is 11.5. The van der Waals surface area contributed by atoms with Crippen molar-refractivity contribution in [3.63, 3.8) is 0 Å². The van der Waals surface area contributed by atoms with Gasteiger partial charge in [0.1, 0.15) is 0 Å². The molecular formula is C8H13N3O. The van der Waals surface area contributed by atoms with Crippen LogP contribution in [0.4, 0.5) is 0 Å². The second-order valence-electron chi connectivity index (χ2n) is 3.34. The number of aromatic amines is 1. The SMILES string of the molecule is Cn1[nH]c2c(c1=O)C(CN)CC2. The third kappa shape index (κ3) is 0.845. The fourth-order valence-corrected chi connectivity index (χ4v) is 1.93. The third-order valence-corrected chi connectivity index (χ3v) is 2.60. The average Bonchev–Trinajstić information content (AvgIpc) is 2.55. The van der Waals surface area contributed by atoms with Crippen LogP contribution in [0.5, 0.6) is 0 Å². The molecule has 0 bridgehead atoms. The number of nitrogens with two attached hydrogens (primary N) is 1. The van der Waals surface area contributed by atoms with E-state index in [4.69, 9.17) is 5.73 Å². The Bertz CT molecular complexity index is 350. The monoisotopic (exact) mass is 167 g/mol. The van der Waals surface area contributed by atoms with Crippen LogP contribution in [0.1, 0.15) is 23.6 Å². The van der Waals surface area contributed by atoms with Crippen LogP contribution in [0, 0.1) is 0 Å². The van der Waals surface area contributed by atoms with Crippen molar-refractivity contribution < 1.29 is 0 Å². The van der Waals surface area contributed by atoms with Crippen LogP contribution < -0.4 is 11.3 Å². The van der Waals surface area contributed by atoms with Gasteiger partial charge in [0.25, 0.3) is 5.56 Å². The van der Waals surface area contributed by atoms with Crippen molar-refractivity contribution in [2.45, 2.75) is 18.8 Å². The molecule has 0 aliphatic heterocycles. The Labute approximate surface area is 70.4 Å². The Balaban J connectivity index is 2.55. The molecule has 0 amide bonds. The van der Waals surface area contributed by atoms with Crippen molar-refractivity contribution in [1.29, 1.82) is 0 Å². The molecule has 1 aromatic rings.